The van der Waals surface area contributed by atoms with Crippen molar-refractivity contribution in [3.05, 3.63) is 71.1 Å². The highest BCUT2D eigenvalue weighted by atomic mass is 19.1. The molecule has 2 fully saturated rings. The Kier molecular flexibility index (Phi) is 6.40. The van der Waals surface area contributed by atoms with Crippen LogP contribution in [0.15, 0.2) is 42.6 Å². The van der Waals surface area contributed by atoms with E-state index in [0.717, 1.165) is 30.4 Å². The van der Waals surface area contributed by atoms with Crippen LogP contribution in [0, 0.1) is 17.6 Å². The zero-order chi connectivity index (χ0) is 31.0. The monoisotopic (exact) mass is 603 g/mol. The first-order chi connectivity index (χ1) is 21.0. The minimum atomic E-state index is -1.68. The summed E-state index contributed by atoms with van der Waals surface area (Å²) in [5.41, 5.74) is 4.19. The van der Waals surface area contributed by atoms with Crippen molar-refractivity contribution in [2.24, 2.45) is 11.7 Å². The average molecular weight is 604 g/mol. The number of benzene rings is 2. The molecule has 228 valence electrons. The summed E-state index contributed by atoms with van der Waals surface area (Å²) in [7, 11) is 1.52. The number of carbonyl (C=O) groups is 2. The van der Waals surface area contributed by atoms with E-state index in [2.05, 4.69) is 15.4 Å². The smallest absolute Gasteiger partial charge is 0.251 e. The summed E-state index contributed by atoms with van der Waals surface area (Å²) in [5.74, 6) is -2.44. The second-order valence-corrected chi connectivity index (χ2v) is 12.2. The van der Waals surface area contributed by atoms with Crippen molar-refractivity contribution < 1.29 is 33.0 Å². The summed E-state index contributed by atoms with van der Waals surface area (Å²) in [6, 6.07) is 8.29. The quantitative estimate of drug-likeness (QED) is 0.264. The van der Waals surface area contributed by atoms with E-state index in [1.54, 1.807) is 25.1 Å². The number of aromatic nitrogens is 3. The van der Waals surface area contributed by atoms with Crippen molar-refractivity contribution >= 4 is 22.7 Å². The van der Waals surface area contributed by atoms with Crippen LogP contribution >= 0.6 is 0 Å². The van der Waals surface area contributed by atoms with Crippen molar-refractivity contribution in [2.45, 2.75) is 49.7 Å². The molecule has 4 aromatic rings. The number of fused-ring (bicyclic) bond motifs is 2. The molecule has 44 heavy (non-hydrogen) atoms. The molecule has 0 radical (unpaired) electrons. The molecule has 2 saturated carbocycles. The second-order valence-electron chi connectivity index (χ2n) is 12.2. The van der Waals surface area contributed by atoms with Crippen LogP contribution in [0.1, 0.15) is 60.3 Å². The normalized spacial score (nSPS) is 20.6. The van der Waals surface area contributed by atoms with Gasteiger partial charge < -0.3 is 25.6 Å². The molecule has 0 spiro atoms. The van der Waals surface area contributed by atoms with Crippen LogP contribution in [0.2, 0.25) is 0 Å². The van der Waals surface area contributed by atoms with Gasteiger partial charge in [-0.3, -0.25) is 14.3 Å². The molecule has 10 nitrogen and oxygen atoms in total. The Bertz CT molecular complexity index is 1850. The van der Waals surface area contributed by atoms with Gasteiger partial charge in [0.15, 0.2) is 0 Å². The van der Waals surface area contributed by atoms with Crippen molar-refractivity contribution in [1.29, 1.82) is 0 Å². The number of rotatable bonds is 9. The summed E-state index contributed by atoms with van der Waals surface area (Å²) < 4.78 is 42.1. The number of nitrogens with one attached hydrogen (secondary N) is 1. The number of carbonyl (C=O) groups excluding carboxylic acids is 2. The van der Waals surface area contributed by atoms with Gasteiger partial charge in [0.1, 0.15) is 52.0 Å². The molecule has 0 unspecified atom stereocenters. The lowest BCUT2D eigenvalue weighted by Gasteiger charge is -2.30. The zero-order valence-corrected chi connectivity index (χ0v) is 24.2. The van der Waals surface area contributed by atoms with Crippen molar-refractivity contribution in [3.8, 4) is 22.8 Å². The van der Waals surface area contributed by atoms with Gasteiger partial charge in [-0.05, 0) is 68.9 Å². The summed E-state index contributed by atoms with van der Waals surface area (Å²) >= 11 is 0. The Hall–Kier alpha value is -4.58. The summed E-state index contributed by atoms with van der Waals surface area (Å²) in [6.07, 6.45) is 5.33. The topological polar surface area (TPSA) is 142 Å². The van der Waals surface area contributed by atoms with Gasteiger partial charge in [-0.2, -0.15) is 5.10 Å². The van der Waals surface area contributed by atoms with E-state index in [-0.39, 0.29) is 41.8 Å². The van der Waals surface area contributed by atoms with Crippen LogP contribution in [-0.2, 0) is 15.8 Å². The maximum Gasteiger partial charge on any atom is 0.251 e. The maximum atomic E-state index is 15.1. The van der Waals surface area contributed by atoms with E-state index in [4.69, 9.17) is 15.2 Å². The highest BCUT2D eigenvalue weighted by molar-refractivity contribution is 6.00. The lowest BCUT2D eigenvalue weighted by Crippen LogP contribution is -2.44. The van der Waals surface area contributed by atoms with Crippen LogP contribution < -0.4 is 20.5 Å². The van der Waals surface area contributed by atoms with Gasteiger partial charge in [-0.25, -0.2) is 13.8 Å². The lowest BCUT2D eigenvalue weighted by molar-refractivity contribution is -0.123. The molecule has 2 atom stereocenters. The number of pyridine rings is 1. The maximum absolute atomic E-state index is 15.1. The SMILES string of the molecule is COc1cc(C(=O)NC[C@](O)(c2cc3c(c(-c4ccc(F)cc4F)n2)OC[C@]3(C)C(N)=O)C2CC2)cc2cn(C3CC3)nc12. The van der Waals surface area contributed by atoms with Crippen molar-refractivity contribution in [3.63, 3.8) is 0 Å². The molecule has 2 amide bonds. The van der Waals surface area contributed by atoms with Crippen LogP contribution in [0.25, 0.3) is 22.2 Å². The van der Waals surface area contributed by atoms with Gasteiger partial charge in [0.05, 0.1) is 25.4 Å². The second kappa shape index (κ2) is 9.98. The van der Waals surface area contributed by atoms with E-state index < -0.39 is 34.5 Å². The highest BCUT2D eigenvalue weighted by Crippen LogP contribution is 2.50. The number of aliphatic hydroxyl groups is 1. The third-order valence-electron chi connectivity index (χ3n) is 9.01. The molecule has 3 heterocycles. The fourth-order valence-corrected chi connectivity index (χ4v) is 5.93. The number of halogens is 2. The van der Waals surface area contributed by atoms with Crippen LogP contribution in [0.4, 0.5) is 8.78 Å². The van der Waals surface area contributed by atoms with E-state index >= 15 is 4.39 Å². The molecule has 0 saturated heterocycles. The zero-order valence-electron chi connectivity index (χ0n) is 24.2. The molecule has 4 N–H and O–H groups in total. The fraction of sp³-hybridized carbons (Fsp3) is 0.375. The van der Waals surface area contributed by atoms with Crippen LogP contribution in [-0.4, -0.2) is 51.9 Å². The van der Waals surface area contributed by atoms with E-state index in [0.29, 0.717) is 41.3 Å². The van der Waals surface area contributed by atoms with E-state index in [9.17, 15) is 19.1 Å². The number of methoxy groups -OCH3 is 1. The molecule has 2 aliphatic carbocycles. The van der Waals surface area contributed by atoms with Crippen molar-refractivity contribution in [2.75, 3.05) is 20.3 Å². The molecule has 12 heteroatoms. The Morgan fingerprint density at radius 1 is 1.20 bits per heavy atom. The van der Waals surface area contributed by atoms with Crippen LogP contribution in [0.5, 0.6) is 11.5 Å². The molecule has 2 aromatic carbocycles. The van der Waals surface area contributed by atoms with Gasteiger partial charge in [0.2, 0.25) is 5.91 Å². The van der Waals surface area contributed by atoms with Gasteiger partial charge in [-0.15, -0.1) is 0 Å². The molecule has 1 aliphatic heterocycles. The summed E-state index contributed by atoms with van der Waals surface area (Å²) in [4.78, 5) is 30.7. The standard InChI is InChI=1S/C32H31F2N5O5/c1-31(30(35)41)15-44-28-22(31)12-25(37-27(28)21-8-5-19(33)11-23(21)34)32(42,18-3-4-18)14-36-29(40)16-9-17-13-39(20-6-7-20)38-26(17)24(10-16)43-2/h5,8-13,18,20,42H,3-4,6-7,14-15H2,1-2H3,(H2,35,41)(H,36,40)/t31-,32+/m0/s1. The largest absolute Gasteiger partial charge is 0.494 e. The number of ether oxygens (including phenoxy) is 2. The van der Waals surface area contributed by atoms with E-state index in [1.807, 2.05) is 10.9 Å². The average Bonchev–Trinajstić information content (AvgIpc) is 3.94. The van der Waals surface area contributed by atoms with Gasteiger partial charge in [-0.1, -0.05) is 0 Å². The molecule has 2 aromatic heterocycles. The minimum Gasteiger partial charge on any atom is -0.494 e. The molecule has 0 bridgehead atoms. The number of nitrogens with zero attached hydrogens (tertiary/aromatic N) is 3. The third-order valence-corrected chi connectivity index (χ3v) is 9.01. The molecule has 7 rings (SSSR count). The number of hydrogen-bond acceptors (Lipinski definition) is 7. The van der Waals surface area contributed by atoms with E-state index in [1.165, 1.54) is 13.2 Å². The first-order valence-electron chi connectivity index (χ1n) is 14.5. The predicted octanol–water partition coefficient (Wildman–Crippen LogP) is 3.88. The van der Waals surface area contributed by atoms with Crippen molar-refractivity contribution in [1.82, 2.24) is 20.1 Å². The van der Waals surface area contributed by atoms with Gasteiger partial charge in [0.25, 0.3) is 5.91 Å². The van der Waals surface area contributed by atoms with Gasteiger partial charge >= 0.3 is 0 Å². The molecular weight excluding hydrogens is 572 g/mol. The number of amides is 2. The van der Waals surface area contributed by atoms with Gasteiger partial charge in [0, 0.05) is 34.3 Å². The number of primary amides is 1. The first-order valence-corrected chi connectivity index (χ1v) is 14.5. The predicted molar refractivity (Wildman–Crippen MR) is 155 cm³/mol. The number of hydrogen-bond donors (Lipinski definition) is 3. The highest BCUT2D eigenvalue weighted by Gasteiger charge is 2.50. The Morgan fingerprint density at radius 2 is 1.98 bits per heavy atom. The molecular formula is C32H31F2N5O5. The lowest BCUT2D eigenvalue weighted by atomic mass is 9.81. The Labute approximate surface area is 251 Å². The Morgan fingerprint density at radius 3 is 2.64 bits per heavy atom. The summed E-state index contributed by atoms with van der Waals surface area (Å²) in [6.45, 7) is 1.27. The summed E-state index contributed by atoms with van der Waals surface area (Å²) in [5, 5.41) is 20.4. The molecule has 3 aliphatic rings. The first kappa shape index (κ1) is 28.2. The minimum absolute atomic E-state index is 0.00763. The Balaban J connectivity index is 1.26. The third kappa shape index (κ3) is 4.55. The fourth-order valence-electron chi connectivity index (χ4n) is 5.93. The number of nitrogens with two attached hydrogens (primary N) is 1. The van der Waals surface area contributed by atoms with Crippen LogP contribution in [0.3, 0.4) is 0 Å².